The molecule has 0 bridgehead atoms. The fourth-order valence-corrected chi connectivity index (χ4v) is 7.98. The average molecular weight is 986 g/mol. The topological polar surface area (TPSA) is 78.9 Å². The molecular formula is C65H108O6. The van der Waals surface area contributed by atoms with Gasteiger partial charge in [-0.05, 0) is 83.5 Å². The minimum atomic E-state index is -0.832. The molecule has 0 N–H and O–H groups in total. The van der Waals surface area contributed by atoms with Gasteiger partial charge in [0.05, 0.1) is 6.42 Å². The van der Waals surface area contributed by atoms with Crippen LogP contribution in [0.15, 0.2) is 109 Å². The first-order chi connectivity index (χ1) is 35.0. The molecule has 0 aliphatic rings. The molecule has 1 atom stereocenters. The lowest BCUT2D eigenvalue weighted by atomic mass is 10.0. The average Bonchev–Trinajstić information content (AvgIpc) is 3.37. The predicted octanol–water partition coefficient (Wildman–Crippen LogP) is 19.9. The third-order valence-electron chi connectivity index (χ3n) is 12.3. The summed E-state index contributed by atoms with van der Waals surface area (Å²) in [5.74, 6) is -1.07. The lowest BCUT2D eigenvalue weighted by molar-refractivity contribution is -0.166. The predicted molar refractivity (Wildman–Crippen MR) is 307 cm³/mol. The third-order valence-corrected chi connectivity index (χ3v) is 12.3. The Morgan fingerprint density at radius 1 is 0.310 bits per heavy atom. The Balaban J connectivity index is 4.47. The Hall–Kier alpha value is -3.93. The molecule has 0 aliphatic carbocycles. The number of carbonyl (C=O) groups is 3. The Labute approximate surface area is 438 Å². The molecular weight excluding hydrogens is 877 g/mol. The van der Waals surface area contributed by atoms with Gasteiger partial charge in [-0.1, -0.05) is 271 Å². The number of hydrogen-bond acceptors (Lipinski definition) is 6. The molecule has 0 aromatic heterocycles. The van der Waals surface area contributed by atoms with Gasteiger partial charge >= 0.3 is 17.9 Å². The highest BCUT2D eigenvalue weighted by Crippen LogP contribution is 2.16. The summed E-state index contributed by atoms with van der Waals surface area (Å²) in [6.45, 7) is 6.32. The van der Waals surface area contributed by atoms with Gasteiger partial charge in [-0.25, -0.2) is 0 Å². The van der Waals surface area contributed by atoms with Crippen molar-refractivity contribution in [3.63, 3.8) is 0 Å². The first-order valence-corrected chi connectivity index (χ1v) is 29.4. The summed E-state index contributed by atoms with van der Waals surface area (Å²) < 4.78 is 16.8. The summed E-state index contributed by atoms with van der Waals surface area (Å²) in [5, 5.41) is 0. The van der Waals surface area contributed by atoms with Crippen LogP contribution in [0.2, 0.25) is 0 Å². The maximum Gasteiger partial charge on any atom is 0.309 e. The second kappa shape index (κ2) is 58.6. The molecule has 0 saturated carbocycles. The van der Waals surface area contributed by atoms with Crippen LogP contribution < -0.4 is 0 Å². The normalized spacial score (nSPS) is 12.9. The Morgan fingerprint density at radius 2 is 0.606 bits per heavy atom. The van der Waals surface area contributed by atoms with Gasteiger partial charge in [-0.15, -0.1) is 0 Å². The van der Waals surface area contributed by atoms with Crippen LogP contribution >= 0.6 is 0 Å². The summed E-state index contributed by atoms with van der Waals surface area (Å²) in [6.07, 6.45) is 79.7. The standard InChI is InChI=1S/C65H108O6/c1-4-7-10-13-16-19-22-25-28-30-31-32-33-35-37-40-43-46-49-52-55-58-64(67)70-61-62(60-69-63(66)57-54-51-48-45-42-39-36-27-24-21-18-15-12-9-6-3)71-65(68)59-56-53-50-47-44-41-38-34-29-26-23-20-17-14-11-8-5-2/h8-9,11-12,17-18,20-21,26-27,29,36,38,41-42,45,51,54,62H,4-7,10,13-16,19,22-25,28,30-35,37,39-40,43-44,46-50,52-53,55-61H2,1-3H3/b11-8-,12-9-,20-17-,21-18-,29-26-,36-27-,41-38-,45-42-,54-51-. The molecule has 6 heteroatoms. The van der Waals surface area contributed by atoms with Crippen molar-refractivity contribution in [2.24, 2.45) is 0 Å². The molecule has 404 valence electrons. The molecule has 1 unspecified atom stereocenters. The summed E-state index contributed by atoms with van der Waals surface area (Å²) in [7, 11) is 0. The van der Waals surface area contributed by atoms with E-state index in [1.807, 2.05) is 6.08 Å². The second-order valence-corrected chi connectivity index (χ2v) is 19.2. The van der Waals surface area contributed by atoms with Crippen LogP contribution in [-0.2, 0) is 28.6 Å². The lowest BCUT2D eigenvalue weighted by Gasteiger charge is -2.18. The van der Waals surface area contributed by atoms with E-state index in [9.17, 15) is 14.4 Å². The monoisotopic (exact) mass is 985 g/mol. The van der Waals surface area contributed by atoms with Crippen LogP contribution in [0.3, 0.4) is 0 Å². The Morgan fingerprint density at radius 3 is 0.986 bits per heavy atom. The van der Waals surface area contributed by atoms with Crippen molar-refractivity contribution >= 4 is 17.9 Å². The minimum Gasteiger partial charge on any atom is -0.462 e. The minimum absolute atomic E-state index is 0.117. The van der Waals surface area contributed by atoms with Crippen LogP contribution in [0.5, 0.6) is 0 Å². The van der Waals surface area contributed by atoms with E-state index in [0.717, 1.165) is 109 Å². The van der Waals surface area contributed by atoms with Gasteiger partial charge in [0.1, 0.15) is 13.2 Å². The molecule has 0 aromatic rings. The van der Waals surface area contributed by atoms with E-state index in [2.05, 4.69) is 118 Å². The Bertz CT molecular complexity index is 1460. The van der Waals surface area contributed by atoms with Gasteiger partial charge in [-0.2, -0.15) is 0 Å². The summed E-state index contributed by atoms with van der Waals surface area (Å²) in [6, 6.07) is 0. The number of ether oxygens (including phenoxy) is 3. The molecule has 6 nitrogen and oxygen atoms in total. The molecule has 0 radical (unpaired) electrons. The number of unbranched alkanes of at least 4 members (excludes halogenated alkanes) is 24. The van der Waals surface area contributed by atoms with E-state index in [0.29, 0.717) is 6.42 Å². The van der Waals surface area contributed by atoms with Gasteiger partial charge < -0.3 is 14.2 Å². The quantitative estimate of drug-likeness (QED) is 0.0261. The van der Waals surface area contributed by atoms with Crippen molar-refractivity contribution in [3.05, 3.63) is 109 Å². The molecule has 71 heavy (non-hydrogen) atoms. The fraction of sp³-hybridized carbons (Fsp3) is 0.677. The van der Waals surface area contributed by atoms with E-state index in [4.69, 9.17) is 14.2 Å². The summed E-state index contributed by atoms with van der Waals surface area (Å²) in [5.41, 5.74) is 0. The third kappa shape index (κ3) is 56.9. The number of rotatable bonds is 52. The highest BCUT2D eigenvalue weighted by atomic mass is 16.6. The maximum atomic E-state index is 12.9. The number of carbonyl (C=O) groups excluding carboxylic acids is 3. The van der Waals surface area contributed by atoms with E-state index in [1.165, 1.54) is 116 Å². The Kier molecular flexibility index (Phi) is 55.4. The van der Waals surface area contributed by atoms with Gasteiger partial charge in [0, 0.05) is 12.8 Å². The molecule has 0 saturated heterocycles. The zero-order valence-corrected chi connectivity index (χ0v) is 46.2. The van der Waals surface area contributed by atoms with E-state index >= 15 is 0 Å². The fourth-order valence-electron chi connectivity index (χ4n) is 7.98. The van der Waals surface area contributed by atoms with Gasteiger partial charge in [0.2, 0.25) is 0 Å². The van der Waals surface area contributed by atoms with E-state index in [1.54, 1.807) is 6.08 Å². The molecule has 0 aromatic carbocycles. The largest absolute Gasteiger partial charge is 0.462 e. The zero-order chi connectivity index (χ0) is 51.4. The van der Waals surface area contributed by atoms with Gasteiger partial charge in [0.15, 0.2) is 6.10 Å². The van der Waals surface area contributed by atoms with E-state index < -0.39 is 12.1 Å². The number of hydrogen-bond donors (Lipinski definition) is 0. The van der Waals surface area contributed by atoms with Crippen molar-refractivity contribution in [2.45, 2.75) is 271 Å². The summed E-state index contributed by atoms with van der Waals surface area (Å²) >= 11 is 0. The van der Waals surface area contributed by atoms with Gasteiger partial charge in [0.25, 0.3) is 0 Å². The van der Waals surface area contributed by atoms with Crippen molar-refractivity contribution in [3.8, 4) is 0 Å². The van der Waals surface area contributed by atoms with E-state index in [-0.39, 0.29) is 38.0 Å². The molecule has 0 heterocycles. The first kappa shape index (κ1) is 67.1. The van der Waals surface area contributed by atoms with Crippen molar-refractivity contribution in [2.75, 3.05) is 13.2 Å². The van der Waals surface area contributed by atoms with Crippen LogP contribution in [-0.4, -0.2) is 37.2 Å². The van der Waals surface area contributed by atoms with Crippen LogP contribution in [0.4, 0.5) is 0 Å². The molecule has 0 aliphatic heterocycles. The smallest absolute Gasteiger partial charge is 0.309 e. The summed E-state index contributed by atoms with van der Waals surface area (Å²) in [4.78, 5) is 38.1. The van der Waals surface area contributed by atoms with Crippen molar-refractivity contribution in [1.82, 2.24) is 0 Å². The second-order valence-electron chi connectivity index (χ2n) is 19.2. The maximum absolute atomic E-state index is 12.9. The van der Waals surface area contributed by atoms with Crippen LogP contribution in [0.1, 0.15) is 265 Å². The molecule has 0 rings (SSSR count). The number of allylic oxidation sites excluding steroid dienone is 17. The SMILES string of the molecule is CC/C=C\C/C=C\C/C=C\C/C=C\C/C=C\CC(=O)OCC(COC(=O)CCCCCCCCCCCCCCCCCCCCCCC)OC(=O)CCCCCC/C=C\C/C=C\C/C=C\C/C=C\CC. The molecule has 0 fully saturated rings. The number of esters is 3. The first-order valence-electron chi connectivity index (χ1n) is 29.4. The lowest BCUT2D eigenvalue weighted by Crippen LogP contribution is -2.30. The highest BCUT2D eigenvalue weighted by molar-refractivity contribution is 5.72. The van der Waals surface area contributed by atoms with Crippen molar-refractivity contribution in [1.29, 1.82) is 0 Å². The zero-order valence-electron chi connectivity index (χ0n) is 46.2. The van der Waals surface area contributed by atoms with Crippen LogP contribution in [0.25, 0.3) is 0 Å². The molecule has 0 spiro atoms. The van der Waals surface area contributed by atoms with Crippen LogP contribution in [0, 0.1) is 0 Å². The molecule has 0 amide bonds. The van der Waals surface area contributed by atoms with Gasteiger partial charge in [-0.3, -0.25) is 14.4 Å². The van der Waals surface area contributed by atoms with Crippen molar-refractivity contribution < 1.29 is 28.6 Å². The highest BCUT2D eigenvalue weighted by Gasteiger charge is 2.19.